The third kappa shape index (κ3) is 2.81. The lowest BCUT2D eigenvalue weighted by Gasteiger charge is -2.17. The van der Waals surface area contributed by atoms with E-state index in [-0.39, 0.29) is 6.04 Å². The lowest BCUT2D eigenvalue weighted by Crippen LogP contribution is -2.15. The Morgan fingerprint density at radius 3 is 2.81 bits per heavy atom. The van der Waals surface area contributed by atoms with Crippen LogP contribution in [0, 0.1) is 0 Å². The van der Waals surface area contributed by atoms with Gasteiger partial charge >= 0.3 is 0 Å². The zero-order chi connectivity index (χ0) is 11.2. The van der Waals surface area contributed by atoms with Crippen LogP contribution >= 0.6 is 11.3 Å². The van der Waals surface area contributed by atoms with Gasteiger partial charge in [-0.1, -0.05) is 30.3 Å². The van der Waals surface area contributed by atoms with Crippen molar-refractivity contribution in [2.24, 2.45) is 0 Å². The first-order valence-electron chi connectivity index (χ1n) is 5.10. The molecule has 0 radical (unpaired) electrons. The van der Waals surface area contributed by atoms with Crippen molar-refractivity contribution in [1.82, 2.24) is 4.98 Å². The molecule has 3 nitrogen and oxygen atoms in total. The van der Waals surface area contributed by atoms with Crippen molar-refractivity contribution in [2.75, 3.05) is 19.0 Å². The minimum absolute atomic E-state index is 0.150. The summed E-state index contributed by atoms with van der Waals surface area (Å²) in [6.07, 6.45) is 1.79. The number of nitrogens with zero attached hydrogens (tertiary/aromatic N) is 1. The summed E-state index contributed by atoms with van der Waals surface area (Å²) in [5, 5.41) is 6.24. The Hall–Kier alpha value is -1.39. The van der Waals surface area contributed by atoms with Gasteiger partial charge in [0.05, 0.1) is 12.6 Å². The summed E-state index contributed by atoms with van der Waals surface area (Å²) in [6.45, 7) is 0.629. The highest BCUT2D eigenvalue weighted by atomic mass is 32.1. The molecule has 0 aliphatic rings. The molecule has 0 bridgehead atoms. The van der Waals surface area contributed by atoms with E-state index in [1.54, 1.807) is 24.6 Å². The van der Waals surface area contributed by atoms with Crippen molar-refractivity contribution < 1.29 is 4.74 Å². The zero-order valence-electron chi connectivity index (χ0n) is 9.09. The number of aromatic nitrogens is 1. The number of hydrogen-bond acceptors (Lipinski definition) is 4. The molecule has 0 aliphatic carbocycles. The molecule has 1 unspecified atom stereocenters. The molecule has 84 valence electrons. The minimum Gasteiger partial charge on any atom is -0.382 e. The topological polar surface area (TPSA) is 34.1 Å². The predicted octanol–water partition coefficient (Wildman–Crippen LogP) is 2.94. The SMILES string of the molecule is COCC(Nc1nccs1)c1ccccc1. The average Bonchev–Trinajstić information content (AvgIpc) is 2.83. The first kappa shape index (κ1) is 11.1. The van der Waals surface area contributed by atoms with Gasteiger partial charge in [0, 0.05) is 18.7 Å². The highest BCUT2D eigenvalue weighted by molar-refractivity contribution is 7.13. The van der Waals surface area contributed by atoms with E-state index in [9.17, 15) is 0 Å². The molecule has 1 atom stereocenters. The van der Waals surface area contributed by atoms with Gasteiger partial charge in [-0.15, -0.1) is 11.3 Å². The smallest absolute Gasteiger partial charge is 0.183 e. The second kappa shape index (κ2) is 5.63. The molecular weight excluding hydrogens is 220 g/mol. The predicted molar refractivity (Wildman–Crippen MR) is 66.8 cm³/mol. The number of thiazole rings is 1. The van der Waals surface area contributed by atoms with Crippen LogP contribution in [-0.2, 0) is 4.74 Å². The molecule has 1 heterocycles. The van der Waals surface area contributed by atoms with Gasteiger partial charge in [-0.3, -0.25) is 0 Å². The van der Waals surface area contributed by atoms with Crippen LogP contribution in [0.1, 0.15) is 11.6 Å². The quantitative estimate of drug-likeness (QED) is 0.863. The summed E-state index contributed by atoms with van der Waals surface area (Å²) in [5.41, 5.74) is 1.21. The number of methoxy groups -OCH3 is 1. The van der Waals surface area contributed by atoms with Gasteiger partial charge in [0.25, 0.3) is 0 Å². The normalized spacial score (nSPS) is 12.3. The van der Waals surface area contributed by atoms with Crippen molar-refractivity contribution in [2.45, 2.75) is 6.04 Å². The minimum atomic E-state index is 0.150. The lowest BCUT2D eigenvalue weighted by molar-refractivity contribution is 0.186. The number of anilines is 1. The fourth-order valence-corrected chi connectivity index (χ4v) is 2.10. The van der Waals surface area contributed by atoms with Gasteiger partial charge in [-0.05, 0) is 5.56 Å². The first-order valence-corrected chi connectivity index (χ1v) is 5.98. The largest absolute Gasteiger partial charge is 0.382 e. The van der Waals surface area contributed by atoms with E-state index >= 15 is 0 Å². The summed E-state index contributed by atoms with van der Waals surface area (Å²) in [7, 11) is 1.71. The molecule has 1 aromatic carbocycles. The summed E-state index contributed by atoms with van der Waals surface area (Å²) in [4.78, 5) is 4.22. The van der Waals surface area contributed by atoms with E-state index in [2.05, 4.69) is 22.4 Å². The fourth-order valence-electron chi connectivity index (χ4n) is 1.52. The third-order valence-electron chi connectivity index (χ3n) is 2.27. The van der Waals surface area contributed by atoms with Crippen LogP contribution in [0.25, 0.3) is 0 Å². The molecule has 2 aromatic rings. The van der Waals surface area contributed by atoms with Crippen molar-refractivity contribution in [3.63, 3.8) is 0 Å². The van der Waals surface area contributed by atoms with Crippen molar-refractivity contribution >= 4 is 16.5 Å². The highest BCUT2D eigenvalue weighted by Crippen LogP contribution is 2.21. The van der Waals surface area contributed by atoms with E-state index in [1.165, 1.54) is 5.56 Å². The van der Waals surface area contributed by atoms with Gasteiger partial charge in [-0.25, -0.2) is 4.98 Å². The van der Waals surface area contributed by atoms with E-state index in [1.807, 2.05) is 23.6 Å². The van der Waals surface area contributed by atoms with Crippen molar-refractivity contribution in [3.8, 4) is 0 Å². The number of nitrogens with one attached hydrogen (secondary N) is 1. The Balaban J connectivity index is 2.11. The molecule has 0 fully saturated rings. The molecule has 1 N–H and O–H groups in total. The Labute approximate surface area is 99.1 Å². The fraction of sp³-hybridized carbons (Fsp3) is 0.250. The average molecular weight is 234 g/mol. The molecule has 1 aromatic heterocycles. The van der Waals surface area contributed by atoms with Gasteiger partial charge in [0.15, 0.2) is 5.13 Å². The molecule has 0 spiro atoms. The molecule has 0 saturated carbocycles. The standard InChI is InChI=1S/C12H14N2OS/c1-15-9-11(10-5-3-2-4-6-10)14-12-13-7-8-16-12/h2-8,11H,9H2,1H3,(H,13,14). The van der Waals surface area contributed by atoms with Gasteiger partial charge in [0.2, 0.25) is 0 Å². The van der Waals surface area contributed by atoms with E-state index in [4.69, 9.17) is 4.74 Å². The maximum absolute atomic E-state index is 5.22. The Morgan fingerprint density at radius 2 is 2.19 bits per heavy atom. The summed E-state index contributed by atoms with van der Waals surface area (Å²) >= 11 is 1.59. The number of hydrogen-bond donors (Lipinski definition) is 1. The van der Waals surface area contributed by atoms with Crippen LogP contribution in [-0.4, -0.2) is 18.7 Å². The van der Waals surface area contributed by atoms with Crippen molar-refractivity contribution in [1.29, 1.82) is 0 Å². The Bertz CT molecular complexity index is 402. The van der Waals surface area contributed by atoms with Crippen LogP contribution in [0.15, 0.2) is 41.9 Å². The van der Waals surface area contributed by atoms with Crippen molar-refractivity contribution in [3.05, 3.63) is 47.5 Å². The maximum Gasteiger partial charge on any atom is 0.183 e. The molecule has 0 aliphatic heterocycles. The molecule has 4 heteroatoms. The first-order chi connectivity index (χ1) is 7.90. The molecule has 2 rings (SSSR count). The number of benzene rings is 1. The second-order valence-corrected chi connectivity index (χ2v) is 4.29. The zero-order valence-corrected chi connectivity index (χ0v) is 9.91. The summed E-state index contributed by atoms with van der Waals surface area (Å²) in [6, 6.07) is 10.4. The van der Waals surface area contributed by atoms with Gasteiger partial charge < -0.3 is 10.1 Å². The van der Waals surface area contributed by atoms with Crippen LogP contribution in [0.2, 0.25) is 0 Å². The van der Waals surface area contributed by atoms with Crippen LogP contribution in [0.3, 0.4) is 0 Å². The van der Waals surface area contributed by atoms with Crippen LogP contribution in [0.4, 0.5) is 5.13 Å². The van der Waals surface area contributed by atoms with Crippen LogP contribution < -0.4 is 5.32 Å². The second-order valence-electron chi connectivity index (χ2n) is 3.40. The lowest BCUT2D eigenvalue weighted by atomic mass is 10.1. The Kier molecular flexibility index (Phi) is 3.91. The number of ether oxygens (including phenoxy) is 1. The Morgan fingerprint density at radius 1 is 1.38 bits per heavy atom. The number of rotatable bonds is 5. The van der Waals surface area contributed by atoms with Crippen LogP contribution in [0.5, 0.6) is 0 Å². The van der Waals surface area contributed by atoms with E-state index in [0.29, 0.717) is 6.61 Å². The molecule has 16 heavy (non-hydrogen) atoms. The van der Waals surface area contributed by atoms with E-state index < -0.39 is 0 Å². The monoisotopic (exact) mass is 234 g/mol. The third-order valence-corrected chi connectivity index (χ3v) is 2.97. The summed E-state index contributed by atoms with van der Waals surface area (Å²) in [5.74, 6) is 0. The summed E-state index contributed by atoms with van der Waals surface area (Å²) < 4.78 is 5.22. The molecular formula is C12H14N2OS. The molecule has 0 saturated heterocycles. The maximum atomic E-state index is 5.22. The highest BCUT2D eigenvalue weighted by Gasteiger charge is 2.11. The van der Waals surface area contributed by atoms with Gasteiger partial charge in [-0.2, -0.15) is 0 Å². The van der Waals surface area contributed by atoms with E-state index in [0.717, 1.165) is 5.13 Å². The molecule has 0 amide bonds. The van der Waals surface area contributed by atoms with Gasteiger partial charge in [0.1, 0.15) is 0 Å².